The fourth-order valence-corrected chi connectivity index (χ4v) is 5.59. The summed E-state index contributed by atoms with van der Waals surface area (Å²) in [5.74, 6) is -0.356. The van der Waals surface area contributed by atoms with E-state index in [1.165, 1.54) is 30.2 Å². The summed E-state index contributed by atoms with van der Waals surface area (Å²) in [5, 5.41) is 10.2. The number of halogens is 1. The molecule has 33 heavy (non-hydrogen) atoms. The van der Waals surface area contributed by atoms with E-state index >= 15 is 0 Å². The van der Waals surface area contributed by atoms with Gasteiger partial charge in [0.1, 0.15) is 17.3 Å². The molecule has 0 bridgehead atoms. The summed E-state index contributed by atoms with van der Waals surface area (Å²) in [6.07, 6.45) is -1.11. The van der Waals surface area contributed by atoms with Gasteiger partial charge in [0.05, 0.1) is 18.1 Å². The first-order valence-corrected chi connectivity index (χ1v) is 12.3. The van der Waals surface area contributed by atoms with Crippen LogP contribution in [0.1, 0.15) is 48.0 Å². The first-order chi connectivity index (χ1) is 14.9. The monoisotopic (exact) mass is 504 g/mol. The van der Waals surface area contributed by atoms with Crippen molar-refractivity contribution >= 4 is 33.7 Å². The van der Waals surface area contributed by atoms with Gasteiger partial charge in [0, 0.05) is 17.6 Å². The molecule has 0 spiro atoms. The van der Waals surface area contributed by atoms with Gasteiger partial charge in [-0.3, -0.25) is 9.69 Å². The minimum absolute atomic E-state index is 0.109. The van der Waals surface area contributed by atoms with Gasteiger partial charge in [0.15, 0.2) is 0 Å². The van der Waals surface area contributed by atoms with E-state index in [0.29, 0.717) is 0 Å². The molecule has 2 rings (SSSR count). The van der Waals surface area contributed by atoms with Gasteiger partial charge >= 0.3 is 12.1 Å². The number of nitrogens with zero attached hydrogens (tertiary/aromatic N) is 1. The smallest absolute Gasteiger partial charge is 0.407 e. The Balaban J connectivity index is 2.41. The number of carbonyl (C=O) groups is 2. The molecule has 1 aromatic rings. The Bertz CT molecular complexity index is 1010. The van der Waals surface area contributed by atoms with Gasteiger partial charge in [-0.2, -0.15) is 0 Å². The van der Waals surface area contributed by atoms with E-state index in [1.807, 2.05) is 20.8 Å². The standard InChI is InChI=1S/C22H33ClN2O7S/c1-20(2,3)18(26)32-13-22(21(4,5)6)11-15(12-25(22)19(27)28)24-33(29,30)17-10-14(23)8-9-16(17)31-7/h8-10,15,24H,11-13H2,1-7H3,(H,27,28)/t15-,22+/m1/s1. The molecule has 0 saturated carbocycles. The molecule has 9 nitrogen and oxygen atoms in total. The molecule has 0 radical (unpaired) electrons. The number of methoxy groups -OCH3 is 1. The lowest BCUT2D eigenvalue weighted by molar-refractivity contribution is -0.159. The number of amides is 1. The van der Waals surface area contributed by atoms with Gasteiger partial charge in [-0.1, -0.05) is 32.4 Å². The highest BCUT2D eigenvalue weighted by Crippen LogP contribution is 2.45. The summed E-state index contributed by atoms with van der Waals surface area (Å²) < 4.78 is 39.6. The Morgan fingerprint density at radius 1 is 1.24 bits per heavy atom. The Morgan fingerprint density at radius 3 is 2.33 bits per heavy atom. The van der Waals surface area contributed by atoms with Crippen LogP contribution in [0.2, 0.25) is 5.02 Å². The molecule has 1 aliphatic heterocycles. The molecule has 2 atom stereocenters. The number of hydrogen-bond donors (Lipinski definition) is 2. The summed E-state index contributed by atoms with van der Waals surface area (Å²) in [4.78, 5) is 25.7. The van der Waals surface area contributed by atoms with Crippen LogP contribution in [-0.4, -0.2) is 62.3 Å². The fourth-order valence-electron chi connectivity index (χ4n) is 3.93. The van der Waals surface area contributed by atoms with Crippen LogP contribution in [0.3, 0.4) is 0 Å². The molecule has 0 aliphatic carbocycles. The predicted octanol–water partition coefficient (Wildman–Crippen LogP) is 3.75. The first-order valence-electron chi connectivity index (χ1n) is 10.5. The number of benzene rings is 1. The number of sulfonamides is 1. The molecule has 186 valence electrons. The van der Waals surface area contributed by atoms with E-state index in [2.05, 4.69) is 4.72 Å². The lowest BCUT2D eigenvalue weighted by Gasteiger charge is -2.46. The van der Waals surface area contributed by atoms with Gasteiger partial charge in [-0.05, 0) is 50.8 Å². The van der Waals surface area contributed by atoms with E-state index in [4.69, 9.17) is 21.1 Å². The molecule has 1 heterocycles. The van der Waals surface area contributed by atoms with Gasteiger partial charge in [0.25, 0.3) is 0 Å². The third-order valence-corrected chi connectivity index (χ3v) is 7.70. The summed E-state index contributed by atoms with van der Waals surface area (Å²) >= 11 is 5.99. The number of carboxylic acid groups (broad SMARTS) is 1. The topological polar surface area (TPSA) is 122 Å². The number of rotatable bonds is 6. The molecule has 1 saturated heterocycles. The highest BCUT2D eigenvalue weighted by Gasteiger charge is 2.56. The van der Waals surface area contributed by atoms with Crippen LogP contribution in [0.4, 0.5) is 4.79 Å². The molecular formula is C22H33ClN2O7S. The number of ether oxygens (including phenoxy) is 2. The van der Waals surface area contributed by atoms with E-state index in [0.717, 1.165) is 0 Å². The van der Waals surface area contributed by atoms with Crippen molar-refractivity contribution in [3.63, 3.8) is 0 Å². The number of likely N-dealkylation sites (tertiary alicyclic amines) is 1. The SMILES string of the molecule is COc1ccc(Cl)cc1S(=O)(=O)N[C@H]1CN(C(=O)O)[C@@](COC(=O)C(C)(C)C)(C(C)(C)C)C1. The molecule has 0 unspecified atom stereocenters. The van der Waals surface area contributed by atoms with E-state index in [-0.39, 0.29) is 35.2 Å². The van der Waals surface area contributed by atoms with Crippen LogP contribution in [0, 0.1) is 10.8 Å². The maximum Gasteiger partial charge on any atom is 0.407 e. The summed E-state index contributed by atoms with van der Waals surface area (Å²) in [6.45, 7) is 10.3. The zero-order chi connectivity index (χ0) is 25.4. The van der Waals surface area contributed by atoms with Crippen molar-refractivity contribution < 1.29 is 32.6 Å². The maximum absolute atomic E-state index is 13.2. The number of nitrogens with one attached hydrogen (secondary N) is 1. The van der Waals surface area contributed by atoms with E-state index in [9.17, 15) is 23.1 Å². The van der Waals surface area contributed by atoms with Crippen molar-refractivity contribution in [3.05, 3.63) is 23.2 Å². The molecular weight excluding hydrogens is 472 g/mol. The van der Waals surface area contributed by atoms with Crippen LogP contribution in [-0.2, 0) is 19.6 Å². The largest absolute Gasteiger partial charge is 0.495 e. The number of carbonyl (C=O) groups excluding carboxylic acids is 1. The predicted molar refractivity (Wildman–Crippen MR) is 124 cm³/mol. The third kappa shape index (κ3) is 5.73. The highest BCUT2D eigenvalue weighted by atomic mass is 35.5. The second-order valence-electron chi connectivity index (χ2n) is 10.3. The fraction of sp³-hybridized carbons (Fsp3) is 0.636. The van der Waals surface area contributed by atoms with Gasteiger partial charge in [-0.15, -0.1) is 0 Å². The normalized spacial score (nSPS) is 21.7. The molecule has 1 aliphatic rings. The summed E-state index contributed by atoms with van der Waals surface area (Å²) in [6, 6.07) is 3.47. The van der Waals surface area contributed by atoms with Crippen LogP contribution in [0.25, 0.3) is 0 Å². The molecule has 1 aromatic carbocycles. The first kappa shape index (κ1) is 27.2. The van der Waals surface area contributed by atoms with Crippen LogP contribution >= 0.6 is 11.6 Å². The lowest BCUT2D eigenvalue weighted by Crippen LogP contribution is -2.58. The third-order valence-electron chi connectivity index (χ3n) is 5.92. The highest BCUT2D eigenvalue weighted by molar-refractivity contribution is 7.89. The van der Waals surface area contributed by atoms with Crippen molar-refractivity contribution in [2.75, 3.05) is 20.3 Å². The number of hydrogen-bond acceptors (Lipinski definition) is 6. The van der Waals surface area contributed by atoms with Crippen molar-refractivity contribution in [1.82, 2.24) is 9.62 Å². The van der Waals surface area contributed by atoms with Crippen LogP contribution in [0.15, 0.2) is 23.1 Å². The van der Waals surface area contributed by atoms with Gasteiger partial charge < -0.3 is 14.6 Å². The summed E-state index contributed by atoms with van der Waals surface area (Å²) in [5.41, 5.74) is -2.58. The van der Waals surface area contributed by atoms with E-state index in [1.54, 1.807) is 20.8 Å². The maximum atomic E-state index is 13.2. The van der Waals surface area contributed by atoms with Gasteiger partial charge in [0.2, 0.25) is 10.0 Å². The zero-order valence-corrected chi connectivity index (χ0v) is 21.6. The minimum Gasteiger partial charge on any atom is -0.495 e. The molecule has 11 heteroatoms. The van der Waals surface area contributed by atoms with Crippen LogP contribution < -0.4 is 9.46 Å². The van der Waals surface area contributed by atoms with Crippen LogP contribution in [0.5, 0.6) is 5.75 Å². The van der Waals surface area contributed by atoms with Crippen molar-refractivity contribution in [1.29, 1.82) is 0 Å². The molecule has 1 amide bonds. The zero-order valence-electron chi connectivity index (χ0n) is 20.1. The Hall–Kier alpha value is -2.04. The second-order valence-corrected chi connectivity index (χ2v) is 12.4. The number of esters is 1. The average Bonchev–Trinajstić information content (AvgIpc) is 3.04. The van der Waals surface area contributed by atoms with Crippen molar-refractivity contribution in [2.45, 2.75) is 64.4 Å². The van der Waals surface area contributed by atoms with Crippen molar-refractivity contribution in [3.8, 4) is 5.75 Å². The van der Waals surface area contributed by atoms with E-state index < -0.39 is 44.5 Å². The molecule has 0 aromatic heterocycles. The Morgan fingerprint density at radius 2 is 1.85 bits per heavy atom. The summed E-state index contributed by atoms with van der Waals surface area (Å²) in [7, 11) is -2.75. The van der Waals surface area contributed by atoms with Crippen molar-refractivity contribution in [2.24, 2.45) is 10.8 Å². The second kappa shape index (κ2) is 9.31. The minimum atomic E-state index is -4.10. The average molecular weight is 505 g/mol. The lowest BCUT2D eigenvalue weighted by atomic mass is 9.72. The van der Waals surface area contributed by atoms with Gasteiger partial charge in [-0.25, -0.2) is 17.9 Å². The Labute approximate surface area is 200 Å². The molecule has 2 N–H and O–H groups in total. The molecule has 1 fully saturated rings. The Kier molecular flexibility index (Phi) is 7.67. The quantitative estimate of drug-likeness (QED) is 0.565.